The van der Waals surface area contributed by atoms with Gasteiger partial charge in [0.2, 0.25) is 0 Å². The molecule has 0 saturated heterocycles. The highest BCUT2D eigenvalue weighted by molar-refractivity contribution is 7.15. The zero-order chi connectivity index (χ0) is 22.0. The van der Waals surface area contributed by atoms with Crippen molar-refractivity contribution in [1.82, 2.24) is 4.98 Å². The Balaban J connectivity index is 1.48. The molecule has 31 heavy (non-hydrogen) atoms. The normalized spacial score (nSPS) is 15.2. The maximum atomic E-state index is 11.8. The molecule has 4 rings (SSSR count). The van der Waals surface area contributed by atoms with Crippen molar-refractivity contribution in [2.45, 2.75) is 32.8 Å². The lowest BCUT2D eigenvalue weighted by molar-refractivity contribution is -0.140. The van der Waals surface area contributed by atoms with Crippen LogP contribution in [-0.4, -0.2) is 24.7 Å². The summed E-state index contributed by atoms with van der Waals surface area (Å²) in [5, 5.41) is 0.994. The molecule has 1 atom stereocenters. The van der Waals surface area contributed by atoms with Gasteiger partial charge < -0.3 is 14.2 Å². The van der Waals surface area contributed by atoms with Crippen LogP contribution in [0.5, 0.6) is 11.5 Å². The van der Waals surface area contributed by atoms with E-state index in [1.54, 1.807) is 11.3 Å². The standard InChI is InChI=1S/C25H25NO4S/c1-15-5-7-18(8-6-15)25-26-17(3)23(31-25)14-29-19-9-10-20-21(12-24(27)28-4)16(2)13-30-22(20)11-19/h5-11,21H,2,12-14H2,1,3-4H3. The van der Waals surface area contributed by atoms with E-state index in [4.69, 9.17) is 19.2 Å². The van der Waals surface area contributed by atoms with E-state index < -0.39 is 0 Å². The minimum atomic E-state index is -0.260. The van der Waals surface area contributed by atoms with Gasteiger partial charge in [-0.15, -0.1) is 11.3 Å². The van der Waals surface area contributed by atoms with Gasteiger partial charge in [-0.25, -0.2) is 4.98 Å². The molecule has 0 saturated carbocycles. The highest BCUT2D eigenvalue weighted by atomic mass is 32.1. The van der Waals surface area contributed by atoms with Gasteiger partial charge in [-0.3, -0.25) is 4.79 Å². The molecule has 2 aromatic carbocycles. The predicted octanol–water partition coefficient (Wildman–Crippen LogP) is 5.60. The van der Waals surface area contributed by atoms with Gasteiger partial charge in [0, 0.05) is 23.1 Å². The molecule has 1 aliphatic heterocycles. The molecule has 0 aliphatic carbocycles. The fraction of sp³-hybridized carbons (Fsp3) is 0.280. The Morgan fingerprint density at radius 1 is 1.23 bits per heavy atom. The molecule has 1 aromatic heterocycles. The van der Waals surface area contributed by atoms with Crippen molar-refractivity contribution in [3.05, 3.63) is 76.3 Å². The number of esters is 1. The average molecular weight is 436 g/mol. The Bertz CT molecular complexity index is 1120. The molecule has 0 radical (unpaired) electrons. The maximum absolute atomic E-state index is 11.8. The minimum absolute atomic E-state index is 0.106. The molecule has 0 amide bonds. The number of hydrogen-bond acceptors (Lipinski definition) is 6. The van der Waals surface area contributed by atoms with Crippen LogP contribution >= 0.6 is 11.3 Å². The summed E-state index contributed by atoms with van der Waals surface area (Å²) in [6.07, 6.45) is 0.258. The number of hydrogen-bond donors (Lipinski definition) is 0. The third kappa shape index (κ3) is 4.64. The number of fused-ring (bicyclic) bond motifs is 1. The number of rotatable bonds is 6. The summed E-state index contributed by atoms with van der Waals surface area (Å²) < 4.78 is 16.7. The molecule has 6 heteroatoms. The van der Waals surface area contributed by atoms with Gasteiger partial charge in [-0.2, -0.15) is 0 Å². The van der Waals surface area contributed by atoms with E-state index in [0.717, 1.165) is 38.0 Å². The second kappa shape index (κ2) is 8.94. The molecule has 0 N–H and O–H groups in total. The smallest absolute Gasteiger partial charge is 0.306 e. The Labute approximate surface area is 186 Å². The topological polar surface area (TPSA) is 57.7 Å². The number of methoxy groups -OCH3 is 1. The summed E-state index contributed by atoms with van der Waals surface area (Å²) in [7, 11) is 1.40. The number of carbonyl (C=O) groups is 1. The molecular formula is C25H25NO4S. The summed E-state index contributed by atoms with van der Waals surface area (Å²) in [6.45, 7) is 8.95. The summed E-state index contributed by atoms with van der Waals surface area (Å²) in [6, 6.07) is 14.1. The molecule has 3 aromatic rings. The van der Waals surface area contributed by atoms with E-state index in [1.165, 1.54) is 12.7 Å². The first-order valence-corrected chi connectivity index (χ1v) is 10.9. The molecule has 0 bridgehead atoms. The first-order valence-electron chi connectivity index (χ1n) is 10.1. The van der Waals surface area contributed by atoms with Crippen LogP contribution in [0.3, 0.4) is 0 Å². The van der Waals surface area contributed by atoms with Crippen LogP contribution in [0.15, 0.2) is 54.6 Å². The van der Waals surface area contributed by atoms with Crippen LogP contribution in [0.4, 0.5) is 0 Å². The fourth-order valence-electron chi connectivity index (χ4n) is 3.54. The van der Waals surface area contributed by atoms with Crippen LogP contribution in [0.1, 0.15) is 34.0 Å². The van der Waals surface area contributed by atoms with Crippen molar-refractivity contribution >= 4 is 17.3 Å². The SMILES string of the molecule is C=C1COc2cc(OCc3sc(-c4ccc(C)cc4)nc3C)ccc2C1CC(=O)OC. The highest BCUT2D eigenvalue weighted by Gasteiger charge is 2.27. The van der Waals surface area contributed by atoms with Crippen molar-refractivity contribution < 1.29 is 19.0 Å². The van der Waals surface area contributed by atoms with Crippen LogP contribution in [0.2, 0.25) is 0 Å². The van der Waals surface area contributed by atoms with Gasteiger partial charge >= 0.3 is 5.97 Å². The fourth-order valence-corrected chi connectivity index (χ4v) is 4.52. The quantitative estimate of drug-likeness (QED) is 0.373. The number of ether oxygens (including phenoxy) is 3. The first-order chi connectivity index (χ1) is 14.9. The third-order valence-corrected chi connectivity index (χ3v) is 6.61. The number of benzene rings is 2. The van der Waals surface area contributed by atoms with Crippen LogP contribution in [0, 0.1) is 13.8 Å². The Hall–Kier alpha value is -3.12. The van der Waals surface area contributed by atoms with Crippen LogP contribution in [-0.2, 0) is 16.1 Å². The maximum Gasteiger partial charge on any atom is 0.306 e. The number of carbonyl (C=O) groups excluding carboxylic acids is 1. The number of nitrogens with zero attached hydrogens (tertiary/aromatic N) is 1. The summed E-state index contributed by atoms with van der Waals surface area (Å²) in [5.41, 5.74) is 5.13. The van der Waals surface area contributed by atoms with Gasteiger partial charge in [0.05, 0.1) is 24.1 Å². The zero-order valence-electron chi connectivity index (χ0n) is 17.9. The average Bonchev–Trinajstić information content (AvgIpc) is 3.15. The van der Waals surface area contributed by atoms with Gasteiger partial charge in [-0.05, 0) is 25.5 Å². The largest absolute Gasteiger partial charge is 0.489 e. The number of aromatic nitrogens is 1. The second-order valence-electron chi connectivity index (χ2n) is 7.66. The molecule has 0 fully saturated rings. The van der Waals surface area contributed by atoms with Crippen LogP contribution < -0.4 is 9.47 Å². The second-order valence-corrected chi connectivity index (χ2v) is 8.75. The van der Waals surface area contributed by atoms with E-state index in [-0.39, 0.29) is 18.3 Å². The molecule has 160 valence electrons. The van der Waals surface area contributed by atoms with Gasteiger partial charge in [0.1, 0.15) is 29.7 Å². The van der Waals surface area contributed by atoms with Crippen molar-refractivity contribution in [3.8, 4) is 22.1 Å². The molecule has 5 nitrogen and oxygen atoms in total. The van der Waals surface area contributed by atoms with Crippen molar-refractivity contribution in [1.29, 1.82) is 0 Å². The number of thiazole rings is 1. The highest BCUT2D eigenvalue weighted by Crippen LogP contribution is 2.40. The van der Waals surface area contributed by atoms with E-state index in [0.29, 0.717) is 19.0 Å². The third-order valence-electron chi connectivity index (χ3n) is 5.43. The lowest BCUT2D eigenvalue weighted by Gasteiger charge is -2.27. The molecule has 1 unspecified atom stereocenters. The van der Waals surface area contributed by atoms with Crippen LogP contribution in [0.25, 0.3) is 10.6 Å². The molecule has 2 heterocycles. The number of aryl methyl sites for hydroxylation is 2. The summed E-state index contributed by atoms with van der Waals surface area (Å²) >= 11 is 1.65. The minimum Gasteiger partial charge on any atom is -0.489 e. The van der Waals surface area contributed by atoms with E-state index in [9.17, 15) is 4.79 Å². The van der Waals surface area contributed by atoms with E-state index in [1.807, 2.05) is 25.1 Å². The van der Waals surface area contributed by atoms with Gasteiger partial charge in [-0.1, -0.05) is 42.5 Å². The molecule has 0 spiro atoms. The Morgan fingerprint density at radius 2 is 2.00 bits per heavy atom. The van der Waals surface area contributed by atoms with E-state index in [2.05, 4.69) is 37.8 Å². The van der Waals surface area contributed by atoms with Crippen molar-refractivity contribution in [3.63, 3.8) is 0 Å². The van der Waals surface area contributed by atoms with Gasteiger partial charge in [0.15, 0.2) is 0 Å². The van der Waals surface area contributed by atoms with Gasteiger partial charge in [0.25, 0.3) is 0 Å². The summed E-state index contributed by atoms with van der Waals surface area (Å²) in [4.78, 5) is 17.6. The lowest BCUT2D eigenvalue weighted by atomic mass is 9.87. The monoisotopic (exact) mass is 435 g/mol. The Morgan fingerprint density at radius 3 is 2.74 bits per heavy atom. The predicted molar refractivity (Wildman–Crippen MR) is 122 cm³/mol. The van der Waals surface area contributed by atoms with Crippen molar-refractivity contribution in [2.24, 2.45) is 0 Å². The van der Waals surface area contributed by atoms with E-state index >= 15 is 0 Å². The first kappa shape index (κ1) is 21.1. The molecular weight excluding hydrogens is 410 g/mol. The van der Waals surface area contributed by atoms with Crippen molar-refractivity contribution in [2.75, 3.05) is 13.7 Å². The zero-order valence-corrected chi connectivity index (χ0v) is 18.8. The molecule has 1 aliphatic rings. The Kier molecular flexibility index (Phi) is 6.09. The summed E-state index contributed by atoms with van der Waals surface area (Å²) in [5.74, 6) is 1.07. The lowest BCUT2D eigenvalue weighted by Crippen LogP contribution is -2.20.